The van der Waals surface area contributed by atoms with Gasteiger partial charge in [0.25, 0.3) is 5.22 Å². The van der Waals surface area contributed by atoms with Crippen molar-refractivity contribution in [1.29, 1.82) is 0 Å². The van der Waals surface area contributed by atoms with E-state index in [2.05, 4.69) is 72.6 Å². The van der Waals surface area contributed by atoms with Crippen LogP contribution in [0.3, 0.4) is 0 Å². The molecule has 3 aromatic rings. The van der Waals surface area contributed by atoms with Gasteiger partial charge in [-0.2, -0.15) is 0 Å². The summed E-state index contributed by atoms with van der Waals surface area (Å²) in [6, 6.07) is 18.9. The molecule has 1 atom stereocenters. The maximum atomic E-state index is 5.76. The number of aromatic nitrogens is 2. The lowest BCUT2D eigenvalue weighted by Crippen LogP contribution is -1.98. The molecule has 3 nitrogen and oxygen atoms in total. The molecule has 4 heteroatoms. The van der Waals surface area contributed by atoms with Crippen LogP contribution in [0.4, 0.5) is 0 Å². The van der Waals surface area contributed by atoms with E-state index in [1.54, 1.807) is 11.8 Å². The molecule has 0 N–H and O–H groups in total. The molecule has 23 heavy (non-hydrogen) atoms. The van der Waals surface area contributed by atoms with Crippen molar-refractivity contribution in [2.45, 2.75) is 37.2 Å². The van der Waals surface area contributed by atoms with Gasteiger partial charge in [-0.25, -0.2) is 0 Å². The van der Waals surface area contributed by atoms with E-state index in [0.717, 1.165) is 12.2 Å². The highest BCUT2D eigenvalue weighted by atomic mass is 32.2. The predicted octanol–water partition coefficient (Wildman–Crippen LogP) is 5.02. The van der Waals surface area contributed by atoms with Crippen molar-refractivity contribution < 1.29 is 4.42 Å². The van der Waals surface area contributed by atoms with Crippen LogP contribution in [-0.2, 0) is 12.2 Å². The average Bonchev–Trinajstić information content (AvgIpc) is 3.02. The van der Waals surface area contributed by atoms with Crippen molar-refractivity contribution in [3.8, 4) is 0 Å². The van der Waals surface area contributed by atoms with Crippen LogP contribution >= 0.6 is 11.8 Å². The summed E-state index contributed by atoms with van der Waals surface area (Å²) in [7, 11) is 0. The molecule has 1 heterocycles. The lowest BCUT2D eigenvalue weighted by molar-refractivity contribution is 0.404. The van der Waals surface area contributed by atoms with E-state index in [1.807, 2.05) is 6.07 Å². The van der Waals surface area contributed by atoms with Gasteiger partial charge in [-0.15, -0.1) is 10.2 Å². The normalized spacial score (nSPS) is 12.3. The zero-order valence-electron chi connectivity index (χ0n) is 13.4. The summed E-state index contributed by atoms with van der Waals surface area (Å²) in [6.45, 7) is 4.27. The number of hydrogen-bond donors (Lipinski definition) is 0. The highest BCUT2D eigenvalue weighted by molar-refractivity contribution is 7.98. The van der Waals surface area contributed by atoms with Gasteiger partial charge >= 0.3 is 0 Å². The minimum Gasteiger partial charge on any atom is -0.416 e. The van der Waals surface area contributed by atoms with Gasteiger partial charge in [-0.3, -0.25) is 0 Å². The first-order valence-corrected chi connectivity index (χ1v) is 8.75. The molecule has 0 saturated heterocycles. The lowest BCUT2D eigenvalue weighted by atomic mass is 9.98. The van der Waals surface area contributed by atoms with Crippen LogP contribution in [0.1, 0.15) is 35.4 Å². The molecule has 118 valence electrons. The van der Waals surface area contributed by atoms with Crippen LogP contribution in [0.5, 0.6) is 0 Å². The number of rotatable bonds is 6. The van der Waals surface area contributed by atoms with E-state index in [9.17, 15) is 0 Å². The Hall–Kier alpha value is -2.07. The Morgan fingerprint density at radius 3 is 2.48 bits per heavy atom. The average molecular weight is 324 g/mol. The van der Waals surface area contributed by atoms with Gasteiger partial charge in [0.05, 0.1) is 0 Å². The van der Waals surface area contributed by atoms with Crippen LogP contribution in [0.15, 0.2) is 64.2 Å². The van der Waals surface area contributed by atoms with E-state index in [0.29, 0.717) is 17.0 Å². The van der Waals surface area contributed by atoms with Gasteiger partial charge in [0.1, 0.15) is 0 Å². The fraction of sp³-hybridized carbons (Fsp3) is 0.263. The van der Waals surface area contributed by atoms with Gasteiger partial charge in [-0.1, -0.05) is 78.8 Å². The molecule has 0 aliphatic carbocycles. The second-order valence-electron chi connectivity index (χ2n) is 5.75. The Bertz CT molecular complexity index is 738. The third kappa shape index (κ3) is 4.45. The van der Waals surface area contributed by atoms with Crippen molar-refractivity contribution >= 4 is 11.8 Å². The first kappa shape index (κ1) is 15.8. The monoisotopic (exact) mass is 324 g/mol. The molecule has 0 spiro atoms. The largest absolute Gasteiger partial charge is 0.416 e. The molecule has 0 saturated carbocycles. The van der Waals surface area contributed by atoms with Gasteiger partial charge < -0.3 is 4.42 Å². The fourth-order valence-electron chi connectivity index (χ4n) is 2.37. The Labute approximate surface area is 141 Å². The van der Waals surface area contributed by atoms with Crippen LogP contribution in [0.25, 0.3) is 0 Å². The maximum Gasteiger partial charge on any atom is 0.276 e. The molecule has 0 aliphatic rings. The van der Waals surface area contributed by atoms with Crippen molar-refractivity contribution in [1.82, 2.24) is 10.2 Å². The molecule has 1 unspecified atom stereocenters. The lowest BCUT2D eigenvalue weighted by Gasteiger charge is -2.08. The fourth-order valence-corrected chi connectivity index (χ4v) is 3.11. The first-order valence-electron chi connectivity index (χ1n) is 7.76. The summed E-state index contributed by atoms with van der Waals surface area (Å²) in [4.78, 5) is 0. The summed E-state index contributed by atoms with van der Waals surface area (Å²) < 4.78 is 5.76. The molecule has 0 bridgehead atoms. The summed E-state index contributed by atoms with van der Waals surface area (Å²) in [6.07, 6.45) is 0.766. The van der Waals surface area contributed by atoms with E-state index in [-0.39, 0.29) is 0 Å². The second-order valence-corrected chi connectivity index (χ2v) is 6.68. The minimum absolute atomic E-state index is 0.367. The molecular weight excluding hydrogens is 304 g/mol. The molecular formula is C19H20N2OS. The molecule has 0 aliphatic heterocycles. The SMILES string of the molecule is Cc1ccc(CSc2nnc(CC(C)c3ccccc3)o2)cc1. The summed E-state index contributed by atoms with van der Waals surface area (Å²) in [5.74, 6) is 1.91. The van der Waals surface area contributed by atoms with E-state index in [1.165, 1.54) is 16.7 Å². The molecule has 0 amide bonds. The summed E-state index contributed by atoms with van der Waals surface area (Å²) in [5.41, 5.74) is 3.83. The van der Waals surface area contributed by atoms with Gasteiger partial charge in [0.15, 0.2) is 0 Å². The molecule has 0 radical (unpaired) electrons. The van der Waals surface area contributed by atoms with E-state index in [4.69, 9.17) is 4.42 Å². The van der Waals surface area contributed by atoms with Crippen LogP contribution in [-0.4, -0.2) is 10.2 Å². The number of hydrogen-bond acceptors (Lipinski definition) is 4. The minimum atomic E-state index is 0.367. The first-order chi connectivity index (χ1) is 11.2. The molecule has 0 fully saturated rings. The zero-order valence-corrected chi connectivity index (χ0v) is 14.2. The Morgan fingerprint density at radius 2 is 1.74 bits per heavy atom. The molecule has 1 aromatic heterocycles. The quantitative estimate of drug-likeness (QED) is 0.597. The van der Waals surface area contributed by atoms with Crippen molar-refractivity contribution in [3.05, 3.63) is 77.2 Å². The van der Waals surface area contributed by atoms with Gasteiger partial charge in [-0.05, 0) is 24.0 Å². The van der Waals surface area contributed by atoms with Crippen LogP contribution in [0.2, 0.25) is 0 Å². The van der Waals surface area contributed by atoms with E-state index < -0.39 is 0 Å². The standard InChI is InChI=1S/C19H20N2OS/c1-14-8-10-16(11-9-14)13-23-19-21-20-18(22-19)12-15(2)17-6-4-3-5-7-17/h3-11,15H,12-13H2,1-2H3. The topological polar surface area (TPSA) is 38.9 Å². The van der Waals surface area contributed by atoms with E-state index >= 15 is 0 Å². The van der Waals surface area contributed by atoms with Crippen molar-refractivity contribution in [3.63, 3.8) is 0 Å². The van der Waals surface area contributed by atoms with Crippen LogP contribution in [0, 0.1) is 6.92 Å². The zero-order chi connectivity index (χ0) is 16.1. The Kier molecular flexibility index (Phi) is 5.13. The maximum absolute atomic E-state index is 5.76. The smallest absolute Gasteiger partial charge is 0.276 e. The van der Waals surface area contributed by atoms with Gasteiger partial charge in [0.2, 0.25) is 5.89 Å². The van der Waals surface area contributed by atoms with Gasteiger partial charge in [0, 0.05) is 12.2 Å². The highest BCUT2D eigenvalue weighted by Crippen LogP contribution is 2.24. The number of benzene rings is 2. The number of aryl methyl sites for hydroxylation is 1. The predicted molar refractivity (Wildman–Crippen MR) is 93.6 cm³/mol. The number of nitrogens with zero attached hydrogens (tertiary/aromatic N) is 2. The third-order valence-electron chi connectivity index (χ3n) is 3.78. The van der Waals surface area contributed by atoms with Crippen LogP contribution < -0.4 is 0 Å². The molecule has 2 aromatic carbocycles. The van der Waals surface area contributed by atoms with Crippen molar-refractivity contribution in [2.24, 2.45) is 0 Å². The second kappa shape index (κ2) is 7.47. The number of thioether (sulfide) groups is 1. The highest BCUT2D eigenvalue weighted by Gasteiger charge is 2.12. The Morgan fingerprint density at radius 1 is 1.00 bits per heavy atom. The third-order valence-corrected chi connectivity index (χ3v) is 4.67. The Balaban J connectivity index is 1.56. The van der Waals surface area contributed by atoms with Crippen molar-refractivity contribution in [2.75, 3.05) is 0 Å². The molecule has 3 rings (SSSR count). The summed E-state index contributed by atoms with van der Waals surface area (Å²) in [5, 5.41) is 8.95. The summed E-state index contributed by atoms with van der Waals surface area (Å²) >= 11 is 1.58.